The lowest BCUT2D eigenvalue weighted by atomic mass is 10.0. The number of rotatable bonds is 3. The van der Waals surface area contributed by atoms with Gasteiger partial charge in [0.2, 0.25) is 5.91 Å². The van der Waals surface area contributed by atoms with Gasteiger partial charge in [-0.05, 0) is 29.8 Å². The second-order valence-electron chi connectivity index (χ2n) is 5.69. The van der Waals surface area contributed by atoms with Gasteiger partial charge < -0.3 is 15.0 Å². The van der Waals surface area contributed by atoms with Gasteiger partial charge in [-0.2, -0.15) is 0 Å². The van der Waals surface area contributed by atoms with Crippen LogP contribution < -0.4 is 10.1 Å². The maximum Gasteiger partial charge on any atom is 0.257 e. The summed E-state index contributed by atoms with van der Waals surface area (Å²) in [7, 11) is 1.49. The number of ether oxygens (including phenoxy) is 1. The Bertz CT molecular complexity index is 856. The maximum absolute atomic E-state index is 14.0. The SMILES string of the molecule is COc1ccc(C2C(=O)NCCN2C(=O)c2ccc(F)c(F)c2F)cc1. The molecule has 0 aromatic heterocycles. The topological polar surface area (TPSA) is 58.6 Å². The molecular weight excluding hydrogens is 349 g/mol. The van der Waals surface area contributed by atoms with E-state index in [1.165, 1.54) is 7.11 Å². The second-order valence-corrected chi connectivity index (χ2v) is 5.69. The Morgan fingerprint density at radius 3 is 2.46 bits per heavy atom. The van der Waals surface area contributed by atoms with Crippen LogP contribution in [-0.2, 0) is 4.79 Å². The number of nitrogens with one attached hydrogen (secondary N) is 1. The van der Waals surface area contributed by atoms with Crippen molar-refractivity contribution in [3.63, 3.8) is 0 Å². The van der Waals surface area contributed by atoms with E-state index in [2.05, 4.69) is 5.32 Å². The van der Waals surface area contributed by atoms with Crippen molar-refractivity contribution in [3.05, 3.63) is 65.0 Å². The van der Waals surface area contributed by atoms with Gasteiger partial charge in [0, 0.05) is 13.1 Å². The highest BCUT2D eigenvalue weighted by atomic mass is 19.2. The molecule has 2 aromatic rings. The summed E-state index contributed by atoms with van der Waals surface area (Å²) in [5.41, 5.74) is -0.142. The Morgan fingerprint density at radius 2 is 1.81 bits per heavy atom. The van der Waals surface area contributed by atoms with Crippen molar-refractivity contribution in [1.82, 2.24) is 10.2 Å². The van der Waals surface area contributed by atoms with Gasteiger partial charge in [0.05, 0.1) is 12.7 Å². The zero-order valence-electron chi connectivity index (χ0n) is 13.8. The van der Waals surface area contributed by atoms with Crippen LogP contribution in [-0.4, -0.2) is 36.9 Å². The lowest BCUT2D eigenvalue weighted by molar-refractivity contribution is -0.128. The number of benzene rings is 2. The van der Waals surface area contributed by atoms with Crippen LogP contribution in [0.15, 0.2) is 36.4 Å². The first-order valence-corrected chi connectivity index (χ1v) is 7.80. The summed E-state index contributed by atoms with van der Waals surface area (Å²) >= 11 is 0. The molecule has 0 radical (unpaired) electrons. The van der Waals surface area contributed by atoms with Gasteiger partial charge in [-0.1, -0.05) is 12.1 Å². The maximum atomic E-state index is 14.0. The van der Waals surface area contributed by atoms with Crippen molar-refractivity contribution in [2.75, 3.05) is 20.2 Å². The number of carbonyl (C=O) groups excluding carboxylic acids is 2. The Balaban J connectivity index is 1.99. The van der Waals surface area contributed by atoms with E-state index in [-0.39, 0.29) is 13.1 Å². The number of piperazine rings is 1. The van der Waals surface area contributed by atoms with Crippen LogP contribution in [0.25, 0.3) is 0 Å². The van der Waals surface area contributed by atoms with Gasteiger partial charge >= 0.3 is 0 Å². The summed E-state index contributed by atoms with van der Waals surface area (Å²) in [6, 6.07) is 6.99. The average molecular weight is 364 g/mol. The normalized spacial score (nSPS) is 17.0. The quantitative estimate of drug-likeness (QED) is 0.851. The lowest BCUT2D eigenvalue weighted by Crippen LogP contribution is -2.52. The number of halogens is 3. The van der Waals surface area contributed by atoms with Crippen molar-refractivity contribution in [3.8, 4) is 5.75 Å². The number of methoxy groups -OCH3 is 1. The van der Waals surface area contributed by atoms with E-state index in [9.17, 15) is 22.8 Å². The first-order valence-electron chi connectivity index (χ1n) is 7.80. The highest BCUT2D eigenvalue weighted by molar-refractivity contribution is 5.98. The molecule has 1 aliphatic heterocycles. The number of amides is 2. The van der Waals surface area contributed by atoms with Gasteiger partial charge in [0.15, 0.2) is 17.5 Å². The smallest absolute Gasteiger partial charge is 0.257 e. The van der Waals surface area contributed by atoms with E-state index >= 15 is 0 Å². The third-order valence-corrected chi connectivity index (χ3v) is 4.17. The molecule has 0 saturated carbocycles. The molecular formula is C18H15F3N2O3. The summed E-state index contributed by atoms with van der Waals surface area (Å²) in [6.45, 7) is 0.266. The van der Waals surface area contributed by atoms with Crippen LogP contribution >= 0.6 is 0 Å². The fraction of sp³-hybridized carbons (Fsp3) is 0.222. The molecule has 5 nitrogen and oxygen atoms in total. The van der Waals surface area contributed by atoms with E-state index in [0.29, 0.717) is 17.4 Å². The minimum atomic E-state index is -1.72. The van der Waals surface area contributed by atoms with Gasteiger partial charge in [-0.15, -0.1) is 0 Å². The second kappa shape index (κ2) is 7.07. The zero-order valence-corrected chi connectivity index (χ0v) is 13.8. The molecule has 1 heterocycles. The van der Waals surface area contributed by atoms with Gasteiger partial charge in [0.1, 0.15) is 11.8 Å². The third-order valence-electron chi connectivity index (χ3n) is 4.17. The summed E-state index contributed by atoms with van der Waals surface area (Å²) in [6.07, 6.45) is 0. The summed E-state index contributed by atoms with van der Waals surface area (Å²) < 4.78 is 45.7. The highest BCUT2D eigenvalue weighted by Crippen LogP contribution is 2.28. The Labute approximate surface area is 147 Å². The van der Waals surface area contributed by atoms with Crippen LogP contribution in [0.1, 0.15) is 22.0 Å². The fourth-order valence-corrected chi connectivity index (χ4v) is 2.85. The van der Waals surface area contributed by atoms with Crippen molar-refractivity contribution >= 4 is 11.8 Å². The fourth-order valence-electron chi connectivity index (χ4n) is 2.85. The van der Waals surface area contributed by atoms with E-state index in [4.69, 9.17) is 4.74 Å². The van der Waals surface area contributed by atoms with Crippen LogP contribution in [0.5, 0.6) is 5.75 Å². The molecule has 2 aromatic carbocycles. The minimum absolute atomic E-state index is 0.0969. The van der Waals surface area contributed by atoms with Crippen molar-refractivity contribution in [1.29, 1.82) is 0 Å². The predicted molar refractivity (Wildman–Crippen MR) is 86.1 cm³/mol. The largest absolute Gasteiger partial charge is 0.497 e. The first kappa shape index (κ1) is 17.8. The van der Waals surface area contributed by atoms with Gasteiger partial charge in [-0.3, -0.25) is 9.59 Å². The predicted octanol–water partition coefficient (Wildman–Crippen LogP) is 2.43. The number of carbonyl (C=O) groups is 2. The first-order chi connectivity index (χ1) is 12.4. The Hall–Kier alpha value is -3.03. The van der Waals surface area contributed by atoms with E-state index < -0.39 is 40.9 Å². The Morgan fingerprint density at radius 1 is 1.12 bits per heavy atom. The molecule has 3 rings (SSSR count). The molecule has 1 unspecified atom stereocenters. The van der Waals surface area contributed by atoms with Crippen LogP contribution in [0, 0.1) is 17.5 Å². The molecule has 1 atom stereocenters. The van der Waals surface area contributed by atoms with Gasteiger partial charge in [0.25, 0.3) is 5.91 Å². The Kier molecular flexibility index (Phi) is 4.83. The molecule has 136 valence electrons. The van der Waals surface area contributed by atoms with Gasteiger partial charge in [-0.25, -0.2) is 13.2 Å². The zero-order chi connectivity index (χ0) is 18.8. The molecule has 1 aliphatic rings. The molecule has 26 heavy (non-hydrogen) atoms. The van der Waals surface area contributed by atoms with Crippen LogP contribution in [0.4, 0.5) is 13.2 Å². The summed E-state index contributed by atoms with van der Waals surface area (Å²) in [4.78, 5) is 26.2. The lowest BCUT2D eigenvalue weighted by Gasteiger charge is -2.35. The van der Waals surface area contributed by atoms with Crippen molar-refractivity contribution < 1.29 is 27.5 Å². The summed E-state index contributed by atoms with van der Waals surface area (Å²) in [5.74, 6) is -5.46. The standard InChI is InChI=1S/C18H15F3N2O3/c1-26-11-4-2-10(3-5-11)16-17(24)22-8-9-23(16)18(25)12-6-7-13(19)15(21)14(12)20/h2-7,16H,8-9H2,1H3,(H,22,24). The number of hydrogen-bond acceptors (Lipinski definition) is 3. The molecule has 8 heteroatoms. The molecule has 1 saturated heterocycles. The monoisotopic (exact) mass is 364 g/mol. The molecule has 2 amide bonds. The number of hydrogen-bond donors (Lipinski definition) is 1. The van der Waals surface area contributed by atoms with Crippen molar-refractivity contribution in [2.24, 2.45) is 0 Å². The minimum Gasteiger partial charge on any atom is -0.497 e. The molecule has 0 bridgehead atoms. The average Bonchev–Trinajstić information content (AvgIpc) is 2.66. The van der Waals surface area contributed by atoms with E-state index in [1.54, 1.807) is 24.3 Å². The van der Waals surface area contributed by atoms with E-state index in [0.717, 1.165) is 11.0 Å². The van der Waals surface area contributed by atoms with Crippen molar-refractivity contribution in [2.45, 2.75) is 6.04 Å². The summed E-state index contributed by atoms with van der Waals surface area (Å²) in [5, 5.41) is 2.64. The molecule has 1 fully saturated rings. The van der Waals surface area contributed by atoms with E-state index in [1.807, 2.05) is 0 Å². The number of nitrogens with zero attached hydrogens (tertiary/aromatic N) is 1. The molecule has 0 aliphatic carbocycles. The molecule has 0 spiro atoms. The van der Waals surface area contributed by atoms with Crippen LogP contribution in [0.2, 0.25) is 0 Å². The van der Waals surface area contributed by atoms with Crippen LogP contribution in [0.3, 0.4) is 0 Å². The third kappa shape index (κ3) is 3.10. The highest BCUT2D eigenvalue weighted by Gasteiger charge is 2.36. The molecule has 1 N–H and O–H groups in total.